The summed E-state index contributed by atoms with van der Waals surface area (Å²) in [4.78, 5) is 8.84. The zero-order chi connectivity index (χ0) is 14.4. The molecule has 0 N–H and O–H groups in total. The lowest BCUT2D eigenvalue weighted by Gasteiger charge is -2.01. The van der Waals surface area contributed by atoms with Crippen LogP contribution in [0.5, 0.6) is 0 Å². The first-order chi connectivity index (χ1) is 9.69. The van der Waals surface area contributed by atoms with Gasteiger partial charge < -0.3 is 0 Å². The van der Waals surface area contributed by atoms with Crippen LogP contribution in [0, 0.1) is 6.92 Å². The zero-order valence-electron chi connectivity index (χ0n) is 11.9. The number of aromatic nitrogens is 2. The van der Waals surface area contributed by atoms with Gasteiger partial charge in [0.15, 0.2) is 0 Å². The highest BCUT2D eigenvalue weighted by Gasteiger charge is 1.99. The smallest absolute Gasteiger partial charge is 0.0885 e. The lowest BCUT2D eigenvalue weighted by molar-refractivity contribution is 1.18. The Kier molecular flexibility index (Phi) is 4.61. The van der Waals surface area contributed by atoms with Crippen LogP contribution < -0.4 is 0 Å². The van der Waals surface area contributed by atoms with Crippen LogP contribution >= 0.6 is 0 Å². The molecule has 0 atom stereocenters. The highest BCUT2D eigenvalue weighted by molar-refractivity contribution is 5.59. The number of aryl methyl sites for hydroxylation is 1. The summed E-state index contributed by atoms with van der Waals surface area (Å²) in [7, 11) is 0. The Bertz CT molecular complexity index is 632. The fraction of sp³-hybridized carbons (Fsp3) is 0.111. The van der Waals surface area contributed by atoms with Crippen LogP contribution in [-0.2, 0) is 0 Å². The van der Waals surface area contributed by atoms with E-state index in [0.717, 1.165) is 22.5 Å². The van der Waals surface area contributed by atoms with Crippen LogP contribution in [0.15, 0.2) is 67.0 Å². The van der Waals surface area contributed by atoms with Crippen molar-refractivity contribution in [3.05, 3.63) is 78.3 Å². The van der Waals surface area contributed by atoms with Crippen molar-refractivity contribution >= 4 is 6.08 Å². The predicted molar refractivity (Wildman–Crippen MR) is 85.2 cm³/mol. The molecule has 0 aliphatic heterocycles. The summed E-state index contributed by atoms with van der Waals surface area (Å²) >= 11 is 0. The Hall–Kier alpha value is -2.48. The Balaban J connectivity index is 2.14. The van der Waals surface area contributed by atoms with E-state index in [0.29, 0.717) is 0 Å². The molecule has 0 saturated carbocycles. The first-order valence-electron chi connectivity index (χ1n) is 6.55. The maximum atomic E-state index is 4.44. The molecule has 2 rings (SSSR count). The number of rotatable bonds is 4. The number of benzene rings is 1. The van der Waals surface area contributed by atoms with Crippen molar-refractivity contribution in [2.24, 2.45) is 0 Å². The second-order valence-corrected chi connectivity index (χ2v) is 4.67. The van der Waals surface area contributed by atoms with Crippen molar-refractivity contribution in [3.63, 3.8) is 0 Å². The minimum atomic E-state index is 0.842. The normalized spacial score (nSPS) is 11.8. The van der Waals surface area contributed by atoms with Crippen LogP contribution in [0.3, 0.4) is 0 Å². The molecule has 2 heteroatoms. The highest BCUT2D eigenvalue weighted by atomic mass is 14.8. The molecule has 0 aliphatic carbocycles. The van der Waals surface area contributed by atoms with E-state index >= 15 is 0 Å². The standard InChI is InChI=1S/C18H18N2/c1-4-14(2)6-5-7-17-12-20-18(13-19-17)16-10-8-15(3)9-11-16/h4-13H,1H2,2-3H3. The molecule has 1 aromatic heterocycles. The van der Waals surface area contributed by atoms with Crippen molar-refractivity contribution in [1.82, 2.24) is 9.97 Å². The van der Waals surface area contributed by atoms with Gasteiger partial charge in [-0.15, -0.1) is 0 Å². The van der Waals surface area contributed by atoms with Gasteiger partial charge in [0.1, 0.15) is 0 Å². The molecule has 0 bridgehead atoms. The lowest BCUT2D eigenvalue weighted by atomic mass is 10.1. The van der Waals surface area contributed by atoms with Crippen LogP contribution in [-0.4, -0.2) is 9.97 Å². The summed E-state index contributed by atoms with van der Waals surface area (Å²) in [6.45, 7) is 7.78. The van der Waals surface area contributed by atoms with E-state index in [9.17, 15) is 0 Å². The van der Waals surface area contributed by atoms with E-state index in [1.54, 1.807) is 12.4 Å². The molecule has 2 nitrogen and oxygen atoms in total. The van der Waals surface area contributed by atoms with Gasteiger partial charge in [-0.1, -0.05) is 60.2 Å². The van der Waals surface area contributed by atoms with E-state index in [1.165, 1.54) is 5.56 Å². The molecular weight excluding hydrogens is 244 g/mol. The highest BCUT2D eigenvalue weighted by Crippen LogP contribution is 2.16. The summed E-state index contributed by atoms with van der Waals surface area (Å²) in [6.07, 6.45) is 11.3. The maximum Gasteiger partial charge on any atom is 0.0885 e. The third-order valence-electron chi connectivity index (χ3n) is 2.97. The minimum absolute atomic E-state index is 0.842. The lowest BCUT2D eigenvalue weighted by Crippen LogP contribution is -1.88. The second kappa shape index (κ2) is 6.62. The summed E-state index contributed by atoms with van der Waals surface area (Å²) in [5.41, 5.74) is 5.17. The Morgan fingerprint density at radius 1 is 1.10 bits per heavy atom. The van der Waals surface area contributed by atoms with Crippen molar-refractivity contribution in [2.45, 2.75) is 13.8 Å². The molecule has 0 radical (unpaired) electrons. The van der Waals surface area contributed by atoms with Gasteiger partial charge >= 0.3 is 0 Å². The first-order valence-corrected chi connectivity index (χ1v) is 6.55. The van der Waals surface area contributed by atoms with Gasteiger partial charge in [-0.25, -0.2) is 0 Å². The summed E-state index contributed by atoms with van der Waals surface area (Å²) in [5.74, 6) is 0. The number of hydrogen-bond acceptors (Lipinski definition) is 2. The third kappa shape index (κ3) is 3.75. The van der Waals surface area contributed by atoms with Crippen LogP contribution in [0.25, 0.3) is 17.3 Å². The summed E-state index contributed by atoms with van der Waals surface area (Å²) < 4.78 is 0. The summed E-state index contributed by atoms with van der Waals surface area (Å²) in [6, 6.07) is 8.28. The Labute approximate surface area is 120 Å². The first kappa shape index (κ1) is 13.9. The molecular formula is C18H18N2. The molecule has 0 unspecified atom stereocenters. The summed E-state index contributed by atoms with van der Waals surface area (Å²) in [5, 5.41) is 0. The fourth-order valence-electron chi connectivity index (χ4n) is 1.66. The SMILES string of the molecule is C=CC(C)=CC=Cc1cnc(-c2ccc(C)cc2)cn1. The van der Waals surface area contributed by atoms with Gasteiger partial charge in [-0.2, -0.15) is 0 Å². The van der Waals surface area contributed by atoms with Gasteiger partial charge in [-0.05, 0) is 19.9 Å². The molecule has 0 aliphatic rings. The van der Waals surface area contributed by atoms with Crippen molar-refractivity contribution in [1.29, 1.82) is 0 Å². The quantitative estimate of drug-likeness (QED) is 0.753. The molecule has 0 spiro atoms. The Morgan fingerprint density at radius 3 is 2.45 bits per heavy atom. The molecule has 1 aromatic carbocycles. The van der Waals surface area contributed by atoms with Gasteiger partial charge in [0.25, 0.3) is 0 Å². The van der Waals surface area contributed by atoms with E-state index < -0.39 is 0 Å². The third-order valence-corrected chi connectivity index (χ3v) is 2.97. The number of allylic oxidation sites excluding steroid dienone is 4. The molecule has 0 amide bonds. The minimum Gasteiger partial charge on any atom is -0.253 e. The van der Waals surface area contributed by atoms with E-state index in [1.807, 2.05) is 31.2 Å². The van der Waals surface area contributed by atoms with Gasteiger partial charge in [0.2, 0.25) is 0 Å². The molecule has 100 valence electrons. The molecule has 1 heterocycles. The monoisotopic (exact) mass is 262 g/mol. The average Bonchev–Trinajstić information content (AvgIpc) is 2.48. The van der Waals surface area contributed by atoms with Crippen LogP contribution in [0.4, 0.5) is 0 Å². The second-order valence-electron chi connectivity index (χ2n) is 4.67. The zero-order valence-corrected chi connectivity index (χ0v) is 11.9. The molecule has 0 fully saturated rings. The van der Waals surface area contributed by atoms with Gasteiger partial charge in [0.05, 0.1) is 23.8 Å². The maximum absolute atomic E-state index is 4.44. The number of nitrogens with zero attached hydrogens (tertiary/aromatic N) is 2. The Morgan fingerprint density at radius 2 is 1.85 bits per heavy atom. The molecule has 20 heavy (non-hydrogen) atoms. The van der Waals surface area contributed by atoms with E-state index in [2.05, 4.69) is 47.7 Å². The van der Waals surface area contributed by atoms with Crippen molar-refractivity contribution in [3.8, 4) is 11.3 Å². The van der Waals surface area contributed by atoms with E-state index in [-0.39, 0.29) is 0 Å². The average molecular weight is 262 g/mol. The van der Waals surface area contributed by atoms with Crippen molar-refractivity contribution < 1.29 is 0 Å². The molecule has 2 aromatic rings. The number of hydrogen-bond donors (Lipinski definition) is 0. The van der Waals surface area contributed by atoms with Gasteiger partial charge in [0, 0.05) is 5.56 Å². The van der Waals surface area contributed by atoms with Gasteiger partial charge in [-0.3, -0.25) is 9.97 Å². The van der Waals surface area contributed by atoms with Crippen LogP contribution in [0.2, 0.25) is 0 Å². The van der Waals surface area contributed by atoms with Crippen molar-refractivity contribution in [2.75, 3.05) is 0 Å². The van der Waals surface area contributed by atoms with Crippen LogP contribution in [0.1, 0.15) is 18.2 Å². The topological polar surface area (TPSA) is 25.8 Å². The molecule has 0 saturated heterocycles. The predicted octanol–water partition coefficient (Wildman–Crippen LogP) is 4.60. The fourth-order valence-corrected chi connectivity index (χ4v) is 1.66. The largest absolute Gasteiger partial charge is 0.253 e. The van der Waals surface area contributed by atoms with E-state index in [4.69, 9.17) is 0 Å².